The molecule has 0 spiro atoms. The van der Waals surface area contributed by atoms with Gasteiger partial charge in [-0.05, 0) is 48.4 Å². The summed E-state index contributed by atoms with van der Waals surface area (Å²) in [5.41, 5.74) is 0.342. The van der Waals surface area contributed by atoms with E-state index < -0.39 is 11.7 Å². The third-order valence-electron chi connectivity index (χ3n) is 3.78. The summed E-state index contributed by atoms with van der Waals surface area (Å²) in [6, 6.07) is 12.8. The lowest BCUT2D eigenvalue weighted by Gasteiger charge is -2.10. The van der Waals surface area contributed by atoms with Crippen LogP contribution >= 0.6 is 0 Å². The molecule has 0 atom stereocenters. The molecular formula is C19H16F4N4. The number of alkyl halides is 3. The molecule has 0 bridgehead atoms. The fourth-order valence-electron chi connectivity index (χ4n) is 2.41. The number of hydrogen-bond acceptors (Lipinski definition) is 4. The molecule has 27 heavy (non-hydrogen) atoms. The van der Waals surface area contributed by atoms with Crippen molar-refractivity contribution in [2.45, 2.75) is 12.6 Å². The van der Waals surface area contributed by atoms with Crippen LogP contribution in [0, 0.1) is 5.82 Å². The highest BCUT2D eigenvalue weighted by molar-refractivity contribution is 5.57. The summed E-state index contributed by atoms with van der Waals surface area (Å²) in [7, 11) is 0. The molecule has 2 aromatic carbocycles. The van der Waals surface area contributed by atoms with E-state index in [-0.39, 0.29) is 5.82 Å². The van der Waals surface area contributed by atoms with Crippen LogP contribution in [0.3, 0.4) is 0 Å². The highest BCUT2D eigenvalue weighted by Crippen LogP contribution is 2.30. The minimum atomic E-state index is -4.37. The van der Waals surface area contributed by atoms with Crippen molar-refractivity contribution in [1.82, 2.24) is 9.97 Å². The van der Waals surface area contributed by atoms with Gasteiger partial charge >= 0.3 is 6.18 Å². The van der Waals surface area contributed by atoms with Gasteiger partial charge < -0.3 is 10.6 Å². The zero-order valence-corrected chi connectivity index (χ0v) is 14.1. The van der Waals surface area contributed by atoms with Gasteiger partial charge in [0.15, 0.2) is 0 Å². The average Bonchev–Trinajstić information content (AvgIpc) is 2.63. The molecule has 0 amide bonds. The van der Waals surface area contributed by atoms with Crippen LogP contribution in [0.25, 0.3) is 0 Å². The van der Waals surface area contributed by atoms with E-state index in [9.17, 15) is 17.6 Å². The molecule has 3 rings (SSSR count). The molecule has 2 N–H and O–H groups in total. The van der Waals surface area contributed by atoms with Crippen LogP contribution in [0.4, 0.5) is 35.0 Å². The van der Waals surface area contributed by atoms with Gasteiger partial charge in [-0.2, -0.15) is 18.2 Å². The maximum absolute atomic E-state index is 13.6. The van der Waals surface area contributed by atoms with Gasteiger partial charge in [0.1, 0.15) is 11.6 Å². The van der Waals surface area contributed by atoms with Crippen LogP contribution in [0.1, 0.15) is 11.1 Å². The average molecular weight is 376 g/mol. The van der Waals surface area contributed by atoms with Gasteiger partial charge in [0, 0.05) is 18.4 Å². The Bertz CT molecular complexity index is 895. The number of nitrogens with zero attached hydrogens (tertiary/aromatic N) is 2. The lowest BCUT2D eigenvalue weighted by molar-refractivity contribution is -0.137. The summed E-state index contributed by atoms with van der Waals surface area (Å²) in [6.45, 7) is 0.435. The maximum atomic E-state index is 13.6. The summed E-state index contributed by atoms with van der Waals surface area (Å²) in [5.74, 6) is 0.499. The molecule has 0 saturated heterocycles. The smallest absolute Gasteiger partial charge is 0.354 e. The van der Waals surface area contributed by atoms with Crippen molar-refractivity contribution in [2.24, 2.45) is 0 Å². The van der Waals surface area contributed by atoms with E-state index >= 15 is 0 Å². The Morgan fingerprint density at radius 1 is 0.926 bits per heavy atom. The second kappa shape index (κ2) is 8.03. The molecule has 8 heteroatoms. The minimum absolute atomic E-state index is 0.266. The monoisotopic (exact) mass is 376 g/mol. The number of nitrogens with one attached hydrogen (secondary N) is 2. The number of rotatable bonds is 6. The number of hydrogen-bond donors (Lipinski definition) is 2. The number of aromatic nitrogens is 2. The van der Waals surface area contributed by atoms with E-state index in [0.29, 0.717) is 36.0 Å². The van der Waals surface area contributed by atoms with Gasteiger partial charge in [-0.25, -0.2) is 9.37 Å². The van der Waals surface area contributed by atoms with Crippen molar-refractivity contribution >= 4 is 17.5 Å². The topological polar surface area (TPSA) is 49.8 Å². The third kappa shape index (κ3) is 5.16. The predicted octanol–water partition coefficient (Wildman–Crippen LogP) is 5.03. The first kappa shape index (κ1) is 18.6. The van der Waals surface area contributed by atoms with Crippen LogP contribution in [0.15, 0.2) is 60.8 Å². The molecule has 0 aliphatic carbocycles. The second-order valence-corrected chi connectivity index (χ2v) is 5.73. The van der Waals surface area contributed by atoms with Crippen molar-refractivity contribution in [3.8, 4) is 0 Å². The van der Waals surface area contributed by atoms with Gasteiger partial charge in [-0.1, -0.05) is 18.2 Å². The fourth-order valence-corrected chi connectivity index (χ4v) is 2.41. The van der Waals surface area contributed by atoms with E-state index in [4.69, 9.17) is 0 Å². The molecule has 0 aliphatic heterocycles. The highest BCUT2D eigenvalue weighted by Gasteiger charge is 2.29. The van der Waals surface area contributed by atoms with Crippen LogP contribution in [0.2, 0.25) is 0 Å². The Balaban J connectivity index is 1.59. The van der Waals surface area contributed by atoms with Crippen molar-refractivity contribution in [3.05, 3.63) is 77.7 Å². The Hall–Kier alpha value is -3.16. The Kier molecular flexibility index (Phi) is 5.54. The lowest BCUT2D eigenvalue weighted by Crippen LogP contribution is -2.09. The molecule has 1 heterocycles. The van der Waals surface area contributed by atoms with Crippen LogP contribution in [-0.2, 0) is 12.6 Å². The predicted molar refractivity (Wildman–Crippen MR) is 95.4 cm³/mol. The third-order valence-corrected chi connectivity index (χ3v) is 3.78. The van der Waals surface area contributed by atoms with Crippen LogP contribution in [0.5, 0.6) is 0 Å². The van der Waals surface area contributed by atoms with E-state index in [0.717, 1.165) is 12.1 Å². The van der Waals surface area contributed by atoms with E-state index in [1.807, 2.05) is 0 Å². The second-order valence-electron chi connectivity index (χ2n) is 5.73. The Labute approximate surface area is 153 Å². The first-order chi connectivity index (χ1) is 12.9. The molecule has 0 unspecified atom stereocenters. The van der Waals surface area contributed by atoms with E-state index in [1.54, 1.807) is 24.3 Å². The minimum Gasteiger partial charge on any atom is -0.354 e. The zero-order chi connectivity index (χ0) is 19.3. The van der Waals surface area contributed by atoms with Crippen LogP contribution < -0.4 is 10.6 Å². The highest BCUT2D eigenvalue weighted by atomic mass is 19.4. The standard InChI is InChI=1S/C19H16F4N4/c20-16-4-2-1-3-13(16)9-11-24-18-25-12-10-17(27-18)26-15-7-5-14(6-8-15)19(21,22)23/h1-8,10,12H,9,11H2,(H2,24,25,26,27). The van der Waals surface area contributed by atoms with E-state index in [1.165, 1.54) is 24.4 Å². The molecule has 140 valence electrons. The van der Waals surface area contributed by atoms with Gasteiger partial charge in [0.05, 0.1) is 5.56 Å². The zero-order valence-electron chi connectivity index (χ0n) is 14.1. The van der Waals surface area contributed by atoms with Crippen molar-refractivity contribution in [1.29, 1.82) is 0 Å². The maximum Gasteiger partial charge on any atom is 0.416 e. The first-order valence-electron chi connectivity index (χ1n) is 8.16. The van der Waals surface area contributed by atoms with E-state index in [2.05, 4.69) is 20.6 Å². The molecular weight excluding hydrogens is 360 g/mol. The molecule has 0 radical (unpaired) electrons. The Morgan fingerprint density at radius 2 is 1.67 bits per heavy atom. The SMILES string of the molecule is Fc1ccccc1CCNc1nccc(Nc2ccc(C(F)(F)F)cc2)n1. The lowest BCUT2D eigenvalue weighted by atomic mass is 10.1. The van der Waals surface area contributed by atoms with Crippen molar-refractivity contribution < 1.29 is 17.6 Å². The summed E-state index contributed by atoms with van der Waals surface area (Å²) in [5, 5.41) is 5.92. The quantitative estimate of drug-likeness (QED) is 0.592. The van der Waals surface area contributed by atoms with Crippen molar-refractivity contribution in [2.75, 3.05) is 17.2 Å². The molecule has 0 aliphatic rings. The number of benzene rings is 2. The van der Waals surface area contributed by atoms with Gasteiger partial charge in [-0.3, -0.25) is 0 Å². The van der Waals surface area contributed by atoms with Crippen LogP contribution in [-0.4, -0.2) is 16.5 Å². The number of halogens is 4. The van der Waals surface area contributed by atoms with Crippen molar-refractivity contribution in [3.63, 3.8) is 0 Å². The summed E-state index contributed by atoms with van der Waals surface area (Å²) in [4.78, 5) is 8.32. The summed E-state index contributed by atoms with van der Waals surface area (Å²) in [6.07, 6.45) is -2.39. The normalized spacial score (nSPS) is 11.3. The number of anilines is 3. The van der Waals surface area contributed by atoms with Gasteiger partial charge in [0.2, 0.25) is 5.95 Å². The summed E-state index contributed by atoms with van der Waals surface area (Å²) >= 11 is 0. The molecule has 0 fully saturated rings. The largest absolute Gasteiger partial charge is 0.416 e. The molecule has 4 nitrogen and oxygen atoms in total. The Morgan fingerprint density at radius 3 is 2.37 bits per heavy atom. The fraction of sp³-hybridized carbons (Fsp3) is 0.158. The van der Waals surface area contributed by atoms with Gasteiger partial charge in [-0.15, -0.1) is 0 Å². The molecule has 3 aromatic rings. The van der Waals surface area contributed by atoms with Gasteiger partial charge in [0.25, 0.3) is 0 Å². The summed E-state index contributed by atoms with van der Waals surface area (Å²) < 4.78 is 51.4. The molecule has 1 aromatic heterocycles. The first-order valence-corrected chi connectivity index (χ1v) is 8.16. The molecule has 0 saturated carbocycles.